The molecule has 70 valence electrons. The van der Waals surface area contributed by atoms with Crippen molar-refractivity contribution in [1.82, 2.24) is 0 Å². The van der Waals surface area contributed by atoms with Crippen molar-refractivity contribution in [3.05, 3.63) is 0 Å². The van der Waals surface area contributed by atoms with Crippen molar-refractivity contribution in [2.75, 3.05) is 6.61 Å². The third kappa shape index (κ3) is 3.40. The minimum Gasteiger partial charge on any atom is -0.480 e. The van der Waals surface area contributed by atoms with Crippen LogP contribution in [0.4, 0.5) is 4.39 Å². The van der Waals surface area contributed by atoms with Crippen molar-refractivity contribution < 1.29 is 24.2 Å². The van der Waals surface area contributed by atoms with E-state index in [-0.39, 0.29) is 0 Å². The molecule has 0 aliphatic heterocycles. The first-order valence-corrected chi connectivity index (χ1v) is 3.25. The van der Waals surface area contributed by atoms with E-state index in [0.717, 1.165) is 0 Å². The molecule has 0 spiro atoms. The van der Waals surface area contributed by atoms with Gasteiger partial charge < -0.3 is 15.9 Å². The molecule has 0 bridgehead atoms. The van der Waals surface area contributed by atoms with Crippen molar-refractivity contribution in [3.8, 4) is 0 Å². The van der Waals surface area contributed by atoms with Crippen LogP contribution in [0.1, 0.15) is 6.42 Å². The van der Waals surface area contributed by atoms with Gasteiger partial charge in [0.05, 0.1) is 0 Å². The average Bonchev–Trinajstić information content (AvgIpc) is 2.02. The van der Waals surface area contributed by atoms with Crippen LogP contribution in [0.5, 0.6) is 0 Å². The van der Waals surface area contributed by atoms with Gasteiger partial charge in [0.2, 0.25) is 0 Å². The summed E-state index contributed by atoms with van der Waals surface area (Å²) in [7, 11) is 0. The molecule has 0 radical (unpaired) electrons. The second-order valence-corrected chi connectivity index (χ2v) is 2.27. The number of carbonyl (C=O) groups excluding carboxylic acids is 1. The predicted molar refractivity (Wildman–Crippen MR) is 37.2 cm³/mol. The fraction of sp³-hybridized carbons (Fsp3) is 0.667. The number of aliphatic hydroxyl groups is 1. The number of hydrogen-bond acceptors (Lipinski definition) is 4. The van der Waals surface area contributed by atoms with E-state index in [1.54, 1.807) is 0 Å². The number of ketones is 1. The summed E-state index contributed by atoms with van der Waals surface area (Å²) < 4.78 is 12.6. The van der Waals surface area contributed by atoms with Crippen molar-refractivity contribution in [3.63, 3.8) is 0 Å². The Kier molecular flexibility index (Phi) is 4.38. The summed E-state index contributed by atoms with van der Waals surface area (Å²) in [5, 5.41) is 16.4. The number of rotatable bonds is 5. The molecule has 0 rings (SSSR count). The summed E-state index contributed by atoms with van der Waals surface area (Å²) in [4.78, 5) is 20.5. The number of carbonyl (C=O) groups is 2. The van der Waals surface area contributed by atoms with E-state index in [0.29, 0.717) is 0 Å². The number of hydrogen-bond donors (Lipinski definition) is 3. The summed E-state index contributed by atoms with van der Waals surface area (Å²) in [5.41, 5.74) is 4.94. The monoisotopic (exact) mass is 179 g/mol. The lowest BCUT2D eigenvalue weighted by atomic mass is 10.1. The van der Waals surface area contributed by atoms with Crippen LogP contribution in [0, 0.1) is 0 Å². The zero-order valence-corrected chi connectivity index (χ0v) is 6.24. The standard InChI is InChI=1S/C6H10FNO4/c7-3(5(10)2-9)1-4(8)6(11)12/h3-4,9H,1-2,8H2,(H,11,12). The van der Waals surface area contributed by atoms with Gasteiger partial charge in [0.15, 0.2) is 12.0 Å². The lowest BCUT2D eigenvalue weighted by molar-refractivity contribution is -0.139. The third-order valence-electron chi connectivity index (χ3n) is 1.28. The molecule has 0 amide bonds. The van der Waals surface area contributed by atoms with Gasteiger partial charge in [-0.1, -0.05) is 0 Å². The van der Waals surface area contributed by atoms with Gasteiger partial charge in [-0.15, -0.1) is 0 Å². The first-order valence-electron chi connectivity index (χ1n) is 3.25. The lowest BCUT2D eigenvalue weighted by Gasteiger charge is -2.08. The molecule has 0 aromatic rings. The number of nitrogens with two attached hydrogens (primary N) is 1. The number of carboxylic acids is 1. The van der Waals surface area contributed by atoms with E-state index in [1.165, 1.54) is 0 Å². The molecule has 0 fully saturated rings. The van der Waals surface area contributed by atoms with Gasteiger partial charge in [0, 0.05) is 6.42 Å². The van der Waals surface area contributed by atoms with Gasteiger partial charge >= 0.3 is 5.97 Å². The maximum absolute atomic E-state index is 12.6. The Hall–Kier alpha value is -1.01. The number of alkyl halides is 1. The van der Waals surface area contributed by atoms with E-state index >= 15 is 0 Å². The number of halogens is 1. The molecule has 0 aliphatic rings. The lowest BCUT2D eigenvalue weighted by Crippen LogP contribution is -2.35. The van der Waals surface area contributed by atoms with Crippen LogP contribution in [-0.4, -0.2) is 40.8 Å². The maximum Gasteiger partial charge on any atom is 0.320 e. The van der Waals surface area contributed by atoms with E-state index in [2.05, 4.69) is 0 Å². The number of Topliss-reactive ketones (excluding diaryl/α,β-unsaturated/α-hetero) is 1. The number of carboxylic acid groups (broad SMARTS) is 1. The second kappa shape index (κ2) is 4.78. The summed E-state index contributed by atoms with van der Waals surface area (Å²) in [5.74, 6) is -2.42. The average molecular weight is 179 g/mol. The highest BCUT2D eigenvalue weighted by Crippen LogP contribution is 2.02. The van der Waals surface area contributed by atoms with Crippen LogP contribution < -0.4 is 5.73 Å². The third-order valence-corrected chi connectivity index (χ3v) is 1.28. The highest BCUT2D eigenvalue weighted by Gasteiger charge is 2.23. The van der Waals surface area contributed by atoms with Crippen molar-refractivity contribution >= 4 is 11.8 Å². The molecule has 0 aliphatic carbocycles. The highest BCUT2D eigenvalue weighted by molar-refractivity contribution is 5.85. The minimum absolute atomic E-state index is 0.602. The molecule has 4 N–H and O–H groups in total. The van der Waals surface area contributed by atoms with Gasteiger partial charge in [-0.3, -0.25) is 9.59 Å². The Balaban J connectivity index is 3.91. The zero-order valence-electron chi connectivity index (χ0n) is 6.24. The molecule has 0 aromatic carbocycles. The predicted octanol–water partition coefficient (Wildman–Crippen LogP) is -1.31. The summed E-state index contributed by atoms with van der Waals surface area (Å²) in [6, 6.07) is -1.41. The first kappa shape index (κ1) is 11.0. The van der Waals surface area contributed by atoms with Crippen LogP contribution >= 0.6 is 0 Å². The van der Waals surface area contributed by atoms with Gasteiger partial charge in [-0.25, -0.2) is 4.39 Å². The normalized spacial score (nSPS) is 15.2. The molecule has 2 unspecified atom stereocenters. The van der Waals surface area contributed by atoms with E-state index in [9.17, 15) is 14.0 Å². The van der Waals surface area contributed by atoms with Crippen LogP contribution in [0.25, 0.3) is 0 Å². The Morgan fingerprint density at radius 1 is 1.50 bits per heavy atom. The van der Waals surface area contributed by atoms with Gasteiger partial charge in [0.1, 0.15) is 12.6 Å². The van der Waals surface area contributed by atoms with Crippen molar-refractivity contribution in [1.29, 1.82) is 0 Å². The topological polar surface area (TPSA) is 101 Å². The summed E-state index contributed by atoms with van der Waals surface area (Å²) in [6.07, 6.45) is -2.60. The summed E-state index contributed by atoms with van der Waals surface area (Å²) in [6.45, 7) is -0.937. The molecule has 5 nitrogen and oxygen atoms in total. The largest absolute Gasteiger partial charge is 0.480 e. The quantitative estimate of drug-likeness (QED) is 0.486. The number of aliphatic hydroxyl groups excluding tert-OH is 1. The molecular formula is C6H10FNO4. The first-order chi connectivity index (χ1) is 5.49. The Bertz CT molecular complexity index is 184. The molecule has 0 saturated carbocycles. The smallest absolute Gasteiger partial charge is 0.320 e. The Morgan fingerprint density at radius 3 is 2.33 bits per heavy atom. The fourth-order valence-corrected chi connectivity index (χ4v) is 0.554. The minimum atomic E-state index is -2.00. The molecule has 6 heteroatoms. The van der Waals surface area contributed by atoms with Crippen LogP contribution in [0.15, 0.2) is 0 Å². The van der Waals surface area contributed by atoms with Crippen LogP contribution in [0.3, 0.4) is 0 Å². The van der Waals surface area contributed by atoms with Gasteiger partial charge in [0.25, 0.3) is 0 Å². The molecular weight excluding hydrogens is 169 g/mol. The zero-order chi connectivity index (χ0) is 9.72. The van der Waals surface area contributed by atoms with Gasteiger partial charge in [-0.2, -0.15) is 0 Å². The number of aliphatic carboxylic acids is 1. The molecule has 0 aromatic heterocycles. The van der Waals surface area contributed by atoms with Crippen LogP contribution in [0.2, 0.25) is 0 Å². The molecule has 0 heterocycles. The summed E-state index contributed by atoms with van der Waals surface area (Å²) >= 11 is 0. The van der Waals surface area contributed by atoms with E-state index < -0.39 is 37.0 Å². The Morgan fingerprint density at radius 2 is 2.00 bits per heavy atom. The maximum atomic E-state index is 12.6. The fourth-order valence-electron chi connectivity index (χ4n) is 0.554. The van der Waals surface area contributed by atoms with Crippen molar-refractivity contribution in [2.24, 2.45) is 5.73 Å². The molecule has 12 heavy (non-hydrogen) atoms. The highest BCUT2D eigenvalue weighted by atomic mass is 19.1. The van der Waals surface area contributed by atoms with Crippen molar-refractivity contribution in [2.45, 2.75) is 18.6 Å². The second-order valence-electron chi connectivity index (χ2n) is 2.27. The van der Waals surface area contributed by atoms with E-state index in [1.807, 2.05) is 0 Å². The molecule has 2 atom stereocenters. The molecule has 0 saturated heterocycles. The SMILES string of the molecule is NC(CC(F)C(=O)CO)C(=O)O. The van der Waals surface area contributed by atoms with E-state index in [4.69, 9.17) is 15.9 Å². The Labute approximate surface area is 68.0 Å². The van der Waals surface area contributed by atoms with Crippen LogP contribution in [-0.2, 0) is 9.59 Å². The van der Waals surface area contributed by atoms with Gasteiger partial charge in [-0.05, 0) is 0 Å².